The van der Waals surface area contributed by atoms with Gasteiger partial charge < -0.3 is 14.6 Å². The molecule has 0 aliphatic carbocycles. The number of aliphatic hydroxyl groups is 1. The fraction of sp³-hybridized carbons (Fsp3) is 0.444. The molecule has 1 aromatic rings. The maximum absolute atomic E-state index is 12.6. The van der Waals surface area contributed by atoms with Crippen LogP contribution < -0.4 is 0 Å². The first-order valence-corrected chi connectivity index (χ1v) is 7.95. The minimum Gasteiger partial charge on any atom is -0.461 e. The third-order valence-electron chi connectivity index (χ3n) is 3.90. The van der Waals surface area contributed by atoms with Crippen LogP contribution in [-0.4, -0.2) is 35.9 Å². The standard InChI is InChI=1S/C18H19F3O5/c1-11(2)15(23)25-10-17(9-22)8-13(16(24)26-17)7-12-3-5-14(6-4-12)18(19,20)21/h3-7,11,22H,8-10H2,1-2H3/b13-7+. The lowest BCUT2D eigenvalue weighted by Gasteiger charge is -2.24. The van der Waals surface area contributed by atoms with E-state index in [0.29, 0.717) is 5.56 Å². The minimum absolute atomic E-state index is 0.0191. The fourth-order valence-corrected chi connectivity index (χ4v) is 2.38. The van der Waals surface area contributed by atoms with Gasteiger partial charge in [-0.2, -0.15) is 13.2 Å². The largest absolute Gasteiger partial charge is 0.461 e. The van der Waals surface area contributed by atoms with Gasteiger partial charge in [-0.3, -0.25) is 4.79 Å². The van der Waals surface area contributed by atoms with E-state index >= 15 is 0 Å². The van der Waals surface area contributed by atoms with E-state index < -0.39 is 35.9 Å². The van der Waals surface area contributed by atoms with Crippen molar-refractivity contribution in [2.45, 2.75) is 32.0 Å². The number of benzene rings is 1. The van der Waals surface area contributed by atoms with Crippen molar-refractivity contribution >= 4 is 18.0 Å². The molecule has 0 aromatic heterocycles. The number of hydrogen-bond acceptors (Lipinski definition) is 5. The molecule has 1 aliphatic heterocycles. The smallest absolute Gasteiger partial charge is 0.416 e. The first-order valence-electron chi connectivity index (χ1n) is 7.95. The van der Waals surface area contributed by atoms with E-state index in [4.69, 9.17) is 9.47 Å². The summed E-state index contributed by atoms with van der Waals surface area (Å²) in [6.07, 6.45) is -3.07. The number of halogens is 3. The van der Waals surface area contributed by atoms with Gasteiger partial charge in [-0.05, 0) is 23.8 Å². The van der Waals surface area contributed by atoms with Crippen LogP contribution in [0.2, 0.25) is 0 Å². The predicted molar refractivity (Wildman–Crippen MR) is 85.7 cm³/mol. The van der Waals surface area contributed by atoms with Crippen LogP contribution in [0.25, 0.3) is 6.08 Å². The quantitative estimate of drug-likeness (QED) is 0.636. The predicted octanol–water partition coefficient (Wildman–Crippen LogP) is 2.97. The van der Waals surface area contributed by atoms with Gasteiger partial charge in [-0.25, -0.2) is 4.79 Å². The Labute approximate surface area is 148 Å². The highest BCUT2D eigenvalue weighted by Crippen LogP contribution is 2.33. The summed E-state index contributed by atoms with van der Waals surface area (Å²) in [5.74, 6) is -1.57. The molecule has 142 valence electrons. The Morgan fingerprint density at radius 2 is 1.96 bits per heavy atom. The Bertz CT molecular complexity index is 707. The van der Waals surface area contributed by atoms with E-state index in [1.54, 1.807) is 13.8 Å². The number of rotatable bonds is 5. The number of carbonyl (C=O) groups is 2. The van der Waals surface area contributed by atoms with E-state index in [1.165, 1.54) is 18.2 Å². The van der Waals surface area contributed by atoms with Gasteiger partial charge in [0.1, 0.15) is 6.61 Å². The highest BCUT2D eigenvalue weighted by Gasteiger charge is 2.44. The summed E-state index contributed by atoms with van der Waals surface area (Å²) < 4.78 is 48.0. The fourth-order valence-electron chi connectivity index (χ4n) is 2.38. The van der Waals surface area contributed by atoms with Gasteiger partial charge in [0, 0.05) is 12.0 Å². The first-order chi connectivity index (χ1) is 12.1. The summed E-state index contributed by atoms with van der Waals surface area (Å²) in [7, 11) is 0. The van der Waals surface area contributed by atoms with E-state index in [0.717, 1.165) is 12.1 Å². The van der Waals surface area contributed by atoms with Gasteiger partial charge in [-0.1, -0.05) is 26.0 Å². The van der Waals surface area contributed by atoms with Crippen molar-refractivity contribution < 1.29 is 37.3 Å². The molecular weight excluding hydrogens is 353 g/mol. The highest BCUT2D eigenvalue weighted by molar-refractivity contribution is 5.96. The number of alkyl halides is 3. The molecule has 1 saturated heterocycles. The van der Waals surface area contributed by atoms with Crippen molar-refractivity contribution in [3.05, 3.63) is 41.0 Å². The van der Waals surface area contributed by atoms with Crippen molar-refractivity contribution in [1.82, 2.24) is 0 Å². The summed E-state index contributed by atoms with van der Waals surface area (Å²) >= 11 is 0. The molecule has 8 heteroatoms. The Hall–Kier alpha value is -2.35. The van der Waals surface area contributed by atoms with E-state index in [-0.39, 0.29) is 24.5 Å². The SMILES string of the molecule is CC(C)C(=O)OCC1(CO)C/C(=C\c2ccc(C(F)(F)F)cc2)C(=O)O1. The van der Waals surface area contributed by atoms with Gasteiger partial charge in [-0.15, -0.1) is 0 Å². The Morgan fingerprint density at radius 1 is 1.35 bits per heavy atom. The van der Waals surface area contributed by atoms with Crippen molar-refractivity contribution in [3.8, 4) is 0 Å². The van der Waals surface area contributed by atoms with E-state index in [2.05, 4.69) is 0 Å². The molecule has 1 aliphatic rings. The number of cyclic esters (lactones) is 1. The highest BCUT2D eigenvalue weighted by atomic mass is 19.4. The number of hydrogen-bond donors (Lipinski definition) is 1. The monoisotopic (exact) mass is 372 g/mol. The summed E-state index contributed by atoms with van der Waals surface area (Å²) in [6, 6.07) is 4.30. The normalized spacial score (nSPS) is 22.0. The van der Waals surface area contributed by atoms with Crippen LogP contribution >= 0.6 is 0 Å². The summed E-state index contributed by atoms with van der Waals surface area (Å²) in [6.45, 7) is 2.44. The number of ether oxygens (including phenoxy) is 2. The molecular formula is C18H19F3O5. The molecule has 1 unspecified atom stereocenters. The van der Waals surface area contributed by atoms with Crippen molar-refractivity contribution in [1.29, 1.82) is 0 Å². The van der Waals surface area contributed by atoms with Crippen LogP contribution in [0.1, 0.15) is 31.4 Å². The van der Waals surface area contributed by atoms with E-state index in [1.807, 2.05) is 0 Å². The van der Waals surface area contributed by atoms with Crippen LogP contribution in [-0.2, 0) is 25.2 Å². The molecule has 1 N–H and O–H groups in total. The van der Waals surface area contributed by atoms with E-state index in [9.17, 15) is 27.9 Å². The molecule has 26 heavy (non-hydrogen) atoms. The van der Waals surface area contributed by atoms with Crippen LogP contribution in [0.5, 0.6) is 0 Å². The van der Waals surface area contributed by atoms with Crippen molar-refractivity contribution in [3.63, 3.8) is 0 Å². The lowest BCUT2D eigenvalue weighted by molar-refractivity contribution is -0.168. The second-order valence-electron chi connectivity index (χ2n) is 6.46. The summed E-state index contributed by atoms with van der Waals surface area (Å²) in [5.41, 5.74) is -1.60. The lowest BCUT2D eigenvalue weighted by atomic mass is 9.97. The molecule has 1 atom stereocenters. The maximum Gasteiger partial charge on any atom is 0.416 e. The van der Waals surface area contributed by atoms with Crippen LogP contribution in [0.3, 0.4) is 0 Å². The molecule has 0 radical (unpaired) electrons. The molecule has 1 aromatic carbocycles. The zero-order valence-corrected chi connectivity index (χ0v) is 14.3. The zero-order valence-electron chi connectivity index (χ0n) is 14.3. The molecule has 0 saturated carbocycles. The molecule has 1 heterocycles. The number of carbonyl (C=O) groups excluding carboxylic acids is 2. The van der Waals surface area contributed by atoms with Crippen LogP contribution in [0, 0.1) is 5.92 Å². The van der Waals surface area contributed by atoms with Crippen LogP contribution in [0.15, 0.2) is 29.8 Å². The third kappa shape index (κ3) is 4.63. The van der Waals surface area contributed by atoms with Gasteiger partial charge in [0.2, 0.25) is 0 Å². The first kappa shape index (κ1) is 20.0. The number of esters is 2. The molecule has 5 nitrogen and oxygen atoms in total. The van der Waals surface area contributed by atoms with Gasteiger partial charge in [0.15, 0.2) is 5.60 Å². The lowest BCUT2D eigenvalue weighted by Crippen LogP contribution is -2.39. The van der Waals surface area contributed by atoms with Gasteiger partial charge in [0.05, 0.1) is 18.1 Å². The molecule has 2 rings (SSSR count). The molecule has 0 spiro atoms. The molecule has 0 bridgehead atoms. The average Bonchev–Trinajstić information content (AvgIpc) is 2.89. The Kier molecular flexibility index (Phi) is 5.75. The minimum atomic E-state index is -4.44. The van der Waals surface area contributed by atoms with Crippen molar-refractivity contribution in [2.75, 3.05) is 13.2 Å². The van der Waals surface area contributed by atoms with Crippen LogP contribution in [0.4, 0.5) is 13.2 Å². The maximum atomic E-state index is 12.6. The van der Waals surface area contributed by atoms with Gasteiger partial charge in [0.25, 0.3) is 0 Å². The second-order valence-corrected chi connectivity index (χ2v) is 6.46. The third-order valence-corrected chi connectivity index (χ3v) is 3.90. The van der Waals surface area contributed by atoms with Crippen molar-refractivity contribution in [2.24, 2.45) is 5.92 Å². The molecule has 0 amide bonds. The topological polar surface area (TPSA) is 72.8 Å². The molecule has 1 fully saturated rings. The Balaban J connectivity index is 2.14. The van der Waals surface area contributed by atoms with Gasteiger partial charge >= 0.3 is 18.1 Å². The summed E-state index contributed by atoms with van der Waals surface area (Å²) in [5, 5.41) is 9.57. The number of aliphatic hydroxyl groups excluding tert-OH is 1. The Morgan fingerprint density at radius 3 is 2.46 bits per heavy atom. The zero-order chi connectivity index (χ0) is 19.5. The average molecular weight is 372 g/mol. The summed E-state index contributed by atoms with van der Waals surface area (Å²) in [4.78, 5) is 23.6. The second kappa shape index (κ2) is 7.49.